The van der Waals surface area contributed by atoms with E-state index in [9.17, 15) is 19.5 Å². The third-order valence-electron chi connectivity index (χ3n) is 5.37. The summed E-state index contributed by atoms with van der Waals surface area (Å²) >= 11 is 1.55. The van der Waals surface area contributed by atoms with Crippen molar-refractivity contribution < 1.29 is 24.2 Å². The lowest BCUT2D eigenvalue weighted by Crippen LogP contribution is -2.55. The molecule has 0 radical (unpaired) electrons. The molecule has 3 amide bonds. The normalized spacial score (nSPS) is 13.3. The Morgan fingerprint density at radius 3 is 2.37 bits per heavy atom. The van der Waals surface area contributed by atoms with Gasteiger partial charge in [-0.15, -0.1) is 11.3 Å². The molecular weight excluding hydrogens is 466 g/mol. The van der Waals surface area contributed by atoms with E-state index < -0.39 is 35.6 Å². The minimum Gasteiger partial charge on any atom is -0.508 e. The highest BCUT2D eigenvalue weighted by atomic mass is 32.1. The zero-order valence-corrected chi connectivity index (χ0v) is 21.9. The van der Waals surface area contributed by atoms with Crippen molar-refractivity contribution in [1.29, 1.82) is 0 Å². The highest BCUT2D eigenvalue weighted by molar-refractivity contribution is 7.10. The molecule has 190 valence electrons. The van der Waals surface area contributed by atoms with Gasteiger partial charge in [0.05, 0.1) is 0 Å². The fourth-order valence-electron chi connectivity index (χ4n) is 3.61. The Kier molecular flexibility index (Phi) is 9.47. The molecule has 4 N–H and O–H groups in total. The first-order valence-electron chi connectivity index (χ1n) is 11.4. The number of nitrogens with zero attached hydrogens (tertiary/aromatic N) is 1. The quantitative estimate of drug-likeness (QED) is 0.481. The van der Waals surface area contributed by atoms with Crippen molar-refractivity contribution in [3.8, 4) is 5.75 Å². The van der Waals surface area contributed by atoms with E-state index in [4.69, 9.17) is 10.5 Å². The molecule has 0 fully saturated rings. The van der Waals surface area contributed by atoms with E-state index >= 15 is 0 Å². The minimum atomic E-state index is -1.02. The molecule has 0 bridgehead atoms. The summed E-state index contributed by atoms with van der Waals surface area (Å²) in [6.07, 6.45) is 3.05. The Morgan fingerprint density at radius 2 is 1.86 bits per heavy atom. The number of hydrogen-bond acceptors (Lipinski definition) is 6. The number of hydrogen-bond donors (Lipinski definition) is 3. The largest absolute Gasteiger partial charge is 0.508 e. The van der Waals surface area contributed by atoms with Crippen LogP contribution in [0.5, 0.6) is 5.75 Å². The summed E-state index contributed by atoms with van der Waals surface area (Å²) in [6, 6.07) is 5.14. The van der Waals surface area contributed by atoms with Crippen LogP contribution >= 0.6 is 11.3 Å². The number of aromatic hydroxyl groups is 1. The first-order chi connectivity index (χ1) is 16.3. The average molecular weight is 502 g/mol. The van der Waals surface area contributed by atoms with Gasteiger partial charge in [-0.3, -0.25) is 9.59 Å². The number of phenolic OH excluding ortho intramolecular Hbond substituents is 1. The second kappa shape index (κ2) is 11.9. The monoisotopic (exact) mass is 501 g/mol. The number of nitrogens with two attached hydrogens (primary N) is 1. The number of amides is 3. The highest BCUT2D eigenvalue weighted by Gasteiger charge is 2.32. The standard InChI is InChI=1S/C26H35N3O5S/c1-16-13-19(30)14-17(2)21(16)15-22(28-25(33)34-26(4,5)6)24(32)29(18(3)23(27)31)11-7-9-20-10-8-12-35-20/h7-10,12-14,18,22,30H,11,15H2,1-6H3,(H2,27,31)(H,28,33)/t18-,22?/m1/s1. The molecule has 0 saturated heterocycles. The lowest BCUT2D eigenvalue weighted by atomic mass is 9.95. The maximum Gasteiger partial charge on any atom is 0.408 e. The molecule has 2 atom stereocenters. The molecule has 1 aromatic heterocycles. The molecule has 0 spiro atoms. The average Bonchev–Trinajstić information content (AvgIpc) is 3.24. The molecule has 35 heavy (non-hydrogen) atoms. The predicted molar refractivity (Wildman–Crippen MR) is 138 cm³/mol. The van der Waals surface area contributed by atoms with Crippen molar-refractivity contribution in [2.75, 3.05) is 6.54 Å². The number of nitrogens with one attached hydrogen (secondary N) is 1. The number of alkyl carbamates (subject to hydrolysis) is 1. The summed E-state index contributed by atoms with van der Waals surface area (Å²) in [6.45, 7) is 10.5. The number of thiophene rings is 1. The minimum absolute atomic E-state index is 0.120. The number of primary amides is 1. The molecule has 0 saturated carbocycles. The van der Waals surface area contributed by atoms with Gasteiger partial charge >= 0.3 is 6.09 Å². The van der Waals surface area contributed by atoms with Crippen LogP contribution in [0.15, 0.2) is 35.7 Å². The van der Waals surface area contributed by atoms with Crippen LogP contribution in [-0.2, 0) is 20.7 Å². The van der Waals surface area contributed by atoms with Crippen LogP contribution in [0.1, 0.15) is 49.3 Å². The predicted octanol–water partition coefficient (Wildman–Crippen LogP) is 3.92. The van der Waals surface area contributed by atoms with E-state index in [1.807, 2.05) is 37.4 Å². The van der Waals surface area contributed by atoms with Gasteiger partial charge in [-0.25, -0.2) is 4.79 Å². The summed E-state index contributed by atoms with van der Waals surface area (Å²) in [5, 5.41) is 14.5. The Hall–Kier alpha value is -3.33. The molecule has 1 aromatic carbocycles. The van der Waals surface area contributed by atoms with Crippen molar-refractivity contribution in [1.82, 2.24) is 10.2 Å². The third kappa shape index (κ3) is 8.43. The summed E-state index contributed by atoms with van der Waals surface area (Å²) in [7, 11) is 0. The maximum absolute atomic E-state index is 13.7. The molecule has 0 aliphatic carbocycles. The number of ether oxygens (including phenoxy) is 1. The second-order valence-corrected chi connectivity index (χ2v) is 10.4. The number of phenols is 1. The first-order valence-corrected chi connectivity index (χ1v) is 12.2. The van der Waals surface area contributed by atoms with Gasteiger partial charge < -0.3 is 25.8 Å². The van der Waals surface area contributed by atoms with Crippen molar-refractivity contribution in [3.63, 3.8) is 0 Å². The molecule has 8 nitrogen and oxygen atoms in total. The van der Waals surface area contributed by atoms with Gasteiger partial charge in [-0.1, -0.05) is 12.1 Å². The topological polar surface area (TPSA) is 122 Å². The van der Waals surface area contributed by atoms with E-state index in [2.05, 4.69) is 5.32 Å². The number of carbonyl (C=O) groups excluding carboxylic acids is 3. The summed E-state index contributed by atoms with van der Waals surface area (Å²) in [4.78, 5) is 40.8. The van der Waals surface area contributed by atoms with E-state index in [0.29, 0.717) is 0 Å². The zero-order chi connectivity index (χ0) is 26.3. The van der Waals surface area contributed by atoms with Gasteiger partial charge in [-0.05, 0) is 87.9 Å². The molecule has 0 aliphatic heterocycles. The van der Waals surface area contributed by atoms with Crippen LogP contribution in [0.25, 0.3) is 6.08 Å². The summed E-state index contributed by atoms with van der Waals surface area (Å²) in [5.41, 5.74) is 7.15. The van der Waals surface area contributed by atoms with Crippen LogP contribution in [0.4, 0.5) is 4.79 Å². The fourth-order valence-corrected chi connectivity index (χ4v) is 4.25. The lowest BCUT2D eigenvalue weighted by Gasteiger charge is -2.31. The Labute approximate surface area is 210 Å². The van der Waals surface area contributed by atoms with Gasteiger partial charge in [0.25, 0.3) is 0 Å². The Bertz CT molecular complexity index is 1050. The van der Waals surface area contributed by atoms with Gasteiger partial charge in [0.1, 0.15) is 23.4 Å². The molecule has 2 rings (SSSR count). The Morgan fingerprint density at radius 1 is 1.23 bits per heavy atom. The highest BCUT2D eigenvalue weighted by Crippen LogP contribution is 2.23. The molecule has 1 heterocycles. The molecular formula is C26H35N3O5S. The number of rotatable bonds is 9. The van der Waals surface area contributed by atoms with Crippen LogP contribution in [-0.4, -0.2) is 52.1 Å². The van der Waals surface area contributed by atoms with Gasteiger partial charge in [0, 0.05) is 17.8 Å². The summed E-state index contributed by atoms with van der Waals surface area (Å²) < 4.78 is 5.39. The summed E-state index contributed by atoms with van der Waals surface area (Å²) in [5.74, 6) is -1.00. The number of benzene rings is 1. The second-order valence-electron chi connectivity index (χ2n) is 9.45. The van der Waals surface area contributed by atoms with Crippen LogP contribution in [0.3, 0.4) is 0 Å². The molecule has 0 aliphatic rings. The van der Waals surface area contributed by atoms with Crippen LogP contribution < -0.4 is 11.1 Å². The van der Waals surface area contributed by atoms with Crippen LogP contribution in [0.2, 0.25) is 0 Å². The van der Waals surface area contributed by atoms with Gasteiger partial charge in [0.2, 0.25) is 11.8 Å². The first kappa shape index (κ1) is 27.9. The van der Waals surface area contributed by atoms with Crippen LogP contribution in [0, 0.1) is 13.8 Å². The van der Waals surface area contributed by atoms with Crippen molar-refractivity contribution >= 4 is 35.3 Å². The van der Waals surface area contributed by atoms with Crippen molar-refractivity contribution in [2.24, 2.45) is 5.73 Å². The maximum atomic E-state index is 13.7. The smallest absolute Gasteiger partial charge is 0.408 e. The number of carbonyl (C=O) groups is 3. The molecule has 9 heteroatoms. The fraction of sp³-hybridized carbons (Fsp3) is 0.423. The van der Waals surface area contributed by atoms with E-state index in [-0.39, 0.29) is 18.7 Å². The van der Waals surface area contributed by atoms with Crippen molar-refractivity contribution in [2.45, 2.75) is 65.6 Å². The Balaban J connectivity index is 2.39. The third-order valence-corrected chi connectivity index (χ3v) is 6.21. The number of aryl methyl sites for hydroxylation is 2. The van der Waals surface area contributed by atoms with Gasteiger partial charge in [-0.2, -0.15) is 0 Å². The van der Waals surface area contributed by atoms with E-state index in [1.165, 1.54) is 4.90 Å². The molecule has 1 unspecified atom stereocenters. The molecule has 2 aromatic rings. The van der Waals surface area contributed by atoms with Gasteiger partial charge in [0.15, 0.2) is 0 Å². The zero-order valence-electron chi connectivity index (χ0n) is 21.1. The van der Waals surface area contributed by atoms with Crippen molar-refractivity contribution in [3.05, 3.63) is 57.3 Å². The van der Waals surface area contributed by atoms with E-state index in [1.54, 1.807) is 57.2 Å². The lowest BCUT2D eigenvalue weighted by molar-refractivity contribution is -0.139. The SMILES string of the molecule is Cc1cc(O)cc(C)c1CC(NC(=O)OC(C)(C)C)C(=O)N(CC=Cc1cccs1)[C@H](C)C(N)=O. The van der Waals surface area contributed by atoms with E-state index in [0.717, 1.165) is 21.6 Å².